The van der Waals surface area contributed by atoms with E-state index in [1.165, 1.54) is 13.3 Å². The number of ether oxygens (including phenoxy) is 1. The lowest BCUT2D eigenvalue weighted by molar-refractivity contribution is -0.136. The van der Waals surface area contributed by atoms with Crippen LogP contribution in [0.3, 0.4) is 0 Å². The highest BCUT2D eigenvalue weighted by Crippen LogP contribution is 2.25. The second kappa shape index (κ2) is 5.22. The van der Waals surface area contributed by atoms with Crippen molar-refractivity contribution in [3.8, 4) is 0 Å². The van der Waals surface area contributed by atoms with E-state index in [2.05, 4.69) is 26.6 Å². The first kappa shape index (κ1) is 12.6. The number of benzene rings is 1. The third-order valence-corrected chi connectivity index (χ3v) is 3.10. The molecule has 1 aromatic rings. The molecule has 2 N–H and O–H groups in total. The molecule has 2 rings (SSSR count). The third kappa shape index (κ3) is 2.53. The topological polar surface area (TPSA) is 67.4 Å². The molecule has 0 aromatic heterocycles. The van der Waals surface area contributed by atoms with Crippen LogP contribution < -0.4 is 10.6 Å². The van der Waals surface area contributed by atoms with Gasteiger partial charge in [-0.2, -0.15) is 0 Å². The highest BCUT2D eigenvalue weighted by Gasteiger charge is 2.28. The molecule has 0 radical (unpaired) electrons. The van der Waals surface area contributed by atoms with Crippen molar-refractivity contribution in [1.82, 2.24) is 10.6 Å². The first-order valence-corrected chi connectivity index (χ1v) is 6.02. The van der Waals surface area contributed by atoms with Gasteiger partial charge in [-0.05, 0) is 17.7 Å². The van der Waals surface area contributed by atoms with Gasteiger partial charge >= 0.3 is 12.0 Å². The molecular formula is C12H11BrN2O3. The summed E-state index contributed by atoms with van der Waals surface area (Å²) < 4.78 is 5.62. The lowest BCUT2D eigenvalue weighted by Crippen LogP contribution is -2.42. The van der Waals surface area contributed by atoms with Crippen LogP contribution in [0, 0.1) is 0 Å². The number of carbonyl (C=O) groups excluding carboxylic acids is 2. The van der Waals surface area contributed by atoms with Gasteiger partial charge in [0.2, 0.25) is 0 Å². The number of esters is 1. The Balaban J connectivity index is 2.36. The fourth-order valence-corrected chi connectivity index (χ4v) is 1.95. The van der Waals surface area contributed by atoms with Gasteiger partial charge in [0, 0.05) is 10.7 Å². The fourth-order valence-electron chi connectivity index (χ4n) is 1.69. The standard InChI is InChI=1S/C12H11BrN2O3/c1-18-11(16)9-6-14-12(17)15-10(9)7-2-4-8(13)5-3-7/h2-6,10H,1H3,(H2,14,15,17). The largest absolute Gasteiger partial charge is 0.466 e. The maximum absolute atomic E-state index is 11.6. The minimum atomic E-state index is -0.501. The van der Waals surface area contributed by atoms with Gasteiger partial charge in [-0.15, -0.1) is 0 Å². The molecule has 6 heteroatoms. The van der Waals surface area contributed by atoms with Crippen molar-refractivity contribution in [1.29, 1.82) is 0 Å². The van der Waals surface area contributed by atoms with Gasteiger partial charge in [0.15, 0.2) is 0 Å². The fraction of sp³-hybridized carbons (Fsp3) is 0.167. The zero-order chi connectivity index (χ0) is 13.1. The van der Waals surface area contributed by atoms with Crippen LogP contribution in [0.2, 0.25) is 0 Å². The van der Waals surface area contributed by atoms with E-state index >= 15 is 0 Å². The Bertz CT molecular complexity index is 511. The molecule has 0 fully saturated rings. The monoisotopic (exact) mass is 310 g/mol. The molecule has 1 aliphatic rings. The van der Waals surface area contributed by atoms with Crippen molar-refractivity contribution < 1.29 is 14.3 Å². The molecule has 5 nitrogen and oxygen atoms in total. The molecular weight excluding hydrogens is 300 g/mol. The summed E-state index contributed by atoms with van der Waals surface area (Å²) in [6.07, 6.45) is 1.37. The number of amides is 2. The van der Waals surface area contributed by atoms with Gasteiger partial charge in [0.25, 0.3) is 0 Å². The summed E-state index contributed by atoms with van der Waals surface area (Å²) in [7, 11) is 1.30. The normalized spacial score (nSPS) is 18.4. The van der Waals surface area contributed by atoms with E-state index in [-0.39, 0.29) is 6.03 Å². The first-order chi connectivity index (χ1) is 8.61. The van der Waals surface area contributed by atoms with Crippen LogP contribution in [0.15, 0.2) is 40.5 Å². The predicted octanol–water partition coefficient (Wildman–Crippen LogP) is 1.86. The zero-order valence-electron chi connectivity index (χ0n) is 9.57. The number of hydrogen-bond donors (Lipinski definition) is 2. The molecule has 0 spiro atoms. The summed E-state index contributed by atoms with van der Waals surface area (Å²) in [5.74, 6) is -0.476. The molecule has 1 aromatic carbocycles. The van der Waals surface area contributed by atoms with Crippen LogP contribution in [-0.2, 0) is 9.53 Å². The van der Waals surface area contributed by atoms with Crippen molar-refractivity contribution in [2.24, 2.45) is 0 Å². The van der Waals surface area contributed by atoms with Crippen molar-refractivity contribution in [3.63, 3.8) is 0 Å². The first-order valence-electron chi connectivity index (χ1n) is 5.22. The Morgan fingerprint density at radius 2 is 2.00 bits per heavy atom. The molecule has 1 atom stereocenters. The van der Waals surface area contributed by atoms with Crippen LogP contribution in [0.25, 0.3) is 0 Å². The number of carbonyl (C=O) groups is 2. The maximum Gasteiger partial charge on any atom is 0.337 e. The lowest BCUT2D eigenvalue weighted by Gasteiger charge is -2.24. The molecule has 0 bridgehead atoms. The molecule has 18 heavy (non-hydrogen) atoms. The molecule has 0 saturated heterocycles. The molecule has 1 unspecified atom stereocenters. The highest BCUT2D eigenvalue weighted by molar-refractivity contribution is 9.10. The summed E-state index contributed by atoms with van der Waals surface area (Å²) in [5.41, 5.74) is 1.17. The van der Waals surface area contributed by atoms with Crippen molar-refractivity contribution in [2.75, 3.05) is 7.11 Å². The second-order valence-corrected chi connectivity index (χ2v) is 4.61. The smallest absolute Gasteiger partial charge is 0.337 e. The molecule has 1 heterocycles. The summed E-state index contributed by atoms with van der Waals surface area (Å²) in [4.78, 5) is 23.0. The van der Waals surface area contributed by atoms with Crippen LogP contribution in [0.1, 0.15) is 11.6 Å². The van der Waals surface area contributed by atoms with E-state index in [0.29, 0.717) is 5.57 Å². The SMILES string of the molecule is COC(=O)C1=CNC(=O)NC1c1ccc(Br)cc1. The number of urea groups is 1. The van der Waals surface area contributed by atoms with E-state index in [1.54, 1.807) is 0 Å². The lowest BCUT2D eigenvalue weighted by atomic mass is 9.98. The third-order valence-electron chi connectivity index (χ3n) is 2.57. The van der Waals surface area contributed by atoms with E-state index in [0.717, 1.165) is 10.0 Å². The van der Waals surface area contributed by atoms with Crippen molar-refractivity contribution in [3.05, 3.63) is 46.1 Å². The Morgan fingerprint density at radius 1 is 1.33 bits per heavy atom. The van der Waals surface area contributed by atoms with Gasteiger partial charge in [-0.1, -0.05) is 28.1 Å². The van der Waals surface area contributed by atoms with Crippen LogP contribution in [-0.4, -0.2) is 19.1 Å². The van der Waals surface area contributed by atoms with Gasteiger partial charge < -0.3 is 15.4 Å². The number of hydrogen-bond acceptors (Lipinski definition) is 3. The van der Waals surface area contributed by atoms with Gasteiger partial charge in [0.05, 0.1) is 18.7 Å². The Morgan fingerprint density at radius 3 is 2.61 bits per heavy atom. The number of halogens is 1. The minimum Gasteiger partial charge on any atom is -0.466 e. The van der Waals surface area contributed by atoms with Crippen molar-refractivity contribution in [2.45, 2.75) is 6.04 Å². The van der Waals surface area contributed by atoms with Gasteiger partial charge in [-0.3, -0.25) is 0 Å². The summed E-state index contributed by atoms with van der Waals surface area (Å²) in [5, 5.41) is 5.12. The van der Waals surface area contributed by atoms with E-state index < -0.39 is 12.0 Å². The van der Waals surface area contributed by atoms with Gasteiger partial charge in [0.1, 0.15) is 0 Å². The molecule has 0 aliphatic carbocycles. The quantitative estimate of drug-likeness (QED) is 0.819. The van der Waals surface area contributed by atoms with Crippen LogP contribution in [0.5, 0.6) is 0 Å². The molecule has 0 saturated carbocycles. The maximum atomic E-state index is 11.6. The van der Waals surface area contributed by atoms with Gasteiger partial charge in [-0.25, -0.2) is 9.59 Å². The zero-order valence-corrected chi connectivity index (χ0v) is 11.2. The van der Waals surface area contributed by atoms with Crippen molar-refractivity contribution >= 4 is 27.9 Å². The minimum absolute atomic E-state index is 0.351. The average Bonchev–Trinajstić information content (AvgIpc) is 2.38. The predicted molar refractivity (Wildman–Crippen MR) is 68.6 cm³/mol. The molecule has 1 aliphatic heterocycles. The van der Waals surface area contributed by atoms with E-state index in [1.807, 2.05) is 24.3 Å². The van der Waals surface area contributed by atoms with E-state index in [4.69, 9.17) is 4.74 Å². The molecule has 2 amide bonds. The summed E-state index contributed by atoms with van der Waals surface area (Å²) in [6, 6.07) is 6.50. The second-order valence-electron chi connectivity index (χ2n) is 3.69. The van der Waals surface area contributed by atoms with Crippen LogP contribution >= 0.6 is 15.9 Å². The highest BCUT2D eigenvalue weighted by atomic mass is 79.9. The summed E-state index contributed by atoms with van der Waals surface area (Å²) >= 11 is 3.33. The Labute approximate surface area is 112 Å². The average molecular weight is 311 g/mol. The number of rotatable bonds is 2. The Hall–Kier alpha value is -1.82. The summed E-state index contributed by atoms with van der Waals surface area (Å²) in [6.45, 7) is 0. The number of nitrogens with one attached hydrogen (secondary N) is 2. The molecule has 94 valence electrons. The Kier molecular flexibility index (Phi) is 3.66. The van der Waals surface area contributed by atoms with E-state index in [9.17, 15) is 9.59 Å². The van der Waals surface area contributed by atoms with Crippen LogP contribution in [0.4, 0.5) is 4.79 Å². The number of methoxy groups -OCH3 is 1.